The SMILES string of the molecule is CCC(NC)c1cccc(-c2cc3cccc(Cl)c3o2)c1. The lowest BCUT2D eigenvalue weighted by Gasteiger charge is -2.14. The molecule has 108 valence electrons. The van der Waals surface area contributed by atoms with E-state index in [0.29, 0.717) is 11.1 Å². The van der Waals surface area contributed by atoms with Crippen LogP contribution in [-0.2, 0) is 0 Å². The zero-order valence-electron chi connectivity index (χ0n) is 12.2. The predicted octanol–water partition coefficient (Wildman–Crippen LogP) is 5.42. The van der Waals surface area contributed by atoms with E-state index in [2.05, 4.69) is 36.5 Å². The molecule has 1 unspecified atom stereocenters. The van der Waals surface area contributed by atoms with Gasteiger partial charge in [0.25, 0.3) is 0 Å². The van der Waals surface area contributed by atoms with E-state index < -0.39 is 0 Å². The molecule has 0 aliphatic carbocycles. The molecule has 0 aliphatic heterocycles. The fourth-order valence-corrected chi connectivity index (χ4v) is 2.91. The number of benzene rings is 2. The van der Waals surface area contributed by atoms with E-state index in [1.807, 2.05) is 31.3 Å². The summed E-state index contributed by atoms with van der Waals surface area (Å²) >= 11 is 6.18. The van der Waals surface area contributed by atoms with Crippen molar-refractivity contribution in [2.75, 3.05) is 7.05 Å². The van der Waals surface area contributed by atoms with E-state index >= 15 is 0 Å². The van der Waals surface area contributed by atoms with Gasteiger partial charge < -0.3 is 9.73 Å². The summed E-state index contributed by atoms with van der Waals surface area (Å²) in [5, 5.41) is 5.01. The molecule has 1 heterocycles. The molecule has 0 saturated heterocycles. The Hall–Kier alpha value is -1.77. The minimum atomic E-state index is 0.359. The van der Waals surface area contributed by atoms with Crippen molar-refractivity contribution in [3.8, 4) is 11.3 Å². The molecule has 1 N–H and O–H groups in total. The summed E-state index contributed by atoms with van der Waals surface area (Å²) in [7, 11) is 1.99. The molecule has 2 nitrogen and oxygen atoms in total. The Morgan fingerprint density at radius 1 is 1.14 bits per heavy atom. The van der Waals surface area contributed by atoms with Crippen LogP contribution in [0, 0.1) is 0 Å². The van der Waals surface area contributed by atoms with E-state index in [1.54, 1.807) is 0 Å². The normalized spacial score (nSPS) is 12.7. The van der Waals surface area contributed by atoms with Crippen LogP contribution in [-0.4, -0.2) is 7.05 Å². The molecule has 0 saturated carbocycles. The van der Waals surface area contributed by atoms with Gasteiger partial charge in [0.1, 0.15) is 5.76 Å². The molecule has 0 spiro atoms. The highest BCUT2D eigenvalue weighted by atomic mass is 35.5. The van der Waals surface area contributed by atoms with Crippen molar-refractivity contribution in [2.45, 2.75) is 19.4 Å². The third-order valence-electron chi connectivity index (χ3n) is 3.83. The highest BCUT2D eigenvalue weighted by Gasteiger charge is 2.11. The predicted molar refractivity (Wildman–Crippen MR) is 88.8 cm³/mol. The van der Waals surface area contributed by atoms with Crippen LogP contribution in [0.15, 0.2) is 52.9 Å². The van der Waals surface area contributed by atoms with Crippen molar-refractivity contribution in [2.24, 2.45) is 0 Å². The summed E-state index contributed by atoms with van der Waals surface area (Å²) < 4.78 is 5.93. The van der Waals surface area contributed by atoms with Crippen LogP contribution in [0.2, 0.25) is 5.02 Å². The second-order valence-corrected chi connectivity index (χ2v) is 5.55. The van der Waals surface area contributed by atoms with E-state index in [-0.39, 0.29) is 0 Å². The van der Waals surface area contributed by atoms with Gasteiger partial charge in [-0.2, -0.15) is 0 Å². The average molecular weight is 300 g/mol. The Kier molecular flexibility index (Phi) is 4.00. The number of rotatable bonds is 4. The molecule has 3 aromatic rings. The van der Waals surface area contributed by atoms with E-state index in [4.69, 9.17) is 16.0 Å². The molecule has 3 rings (SSSR count). The van der Waals surface area contributed by atoms with E-state index in [0.717, 1.165) is 28.7 Å². The second kappa shape index (κ2) is 5.92. The van der Waals surface area contributed by atoms with E-state index in [9.17, 15) is 0 Å². The number of furan rings is 1. The summed E-state index contributed by atoms with van der Waals surface area (Å²) in [5.74, 6) is 0.853. The largest absolute Gasteiger partial charge is 0.455 e. The minimum absolute atomic E-state index is 0.359. The molecule has 0 radical (unpaired) electrons. The number of halogens is 1. The van der Waals surface area contributed by atoms with Crippen LogP contribution >= 0.6 is 11.6 Å². The van der Waals surface area contributed by atoms with Gasteiger partial charge in [0.05, 0.1) is 5.02 Å². The van der Waals surface area contributed by atoms with Crippen LogP contribution in [0.3, 0.4) is 0 Å². The van der Waals surface area contributed by atoms with Crippen molar-refractivity contribution in [3.63, 3.8) is 0 Å². The first-order valence-electron chi connectivity index (χ1n) is 7.18. The van der Waals surface area contributed by atoms with Gasteiger partial charge in [0.2, 0.25) is 0 Å². The maximum Gasteiger partial charge on any atom is 0.153 e. The van der Waals surface area contributed by atoms with Crippen molar-refractivity contribution < 1.29 is 4.42 Å². The van der Waals surface area contributed by atoms with Gasteiger partial charge in [-0.15, -0.1) is 0 Å². The fourth-order valence-electron chi connectivity index (χ4n) is 2.68. The maximum absolute atomic E-state index is 6.18. The topological polar surface area (TPSA) is 25.2 Å². The first-order chi connectivity index (χ1) is 10.2. The quantitative estimate of drug-likeness (QED) is 0.695. The van der Waals surface area contributed by atoms with Crippen LogP contribution in [0.4, 0.5) is 0 Å². The van der Waals surface area contributed by atoms with Crippen molar-refractivity contribution in [1.82, 2.24) is 5.32 Å². The van der Waals surface area contributed by atoms with Gasteiger partial charge in [-0.1, -0.05) is 48.9 Å². The average Bonchev–Trinajstić information content (AvgIpc) is 2.95. The molecule has 0 bridgehead atoms. The first-order valence-corrected chi connectivity index (χ1v) is 7.56. The number of hydrogen-bond acceptors (Lipinski definition) is 2. The Bertz CT molecular complexity index is 759. The first kappa shape index (κ1) is 14.2. The lowest BCUT2D eigenvalue weighted by molar-refractivity contribution is 0.576. The molecule has 1 aromatic heterocycles. The van der Waals surface area contributed by atoms with Gasteiger partial charge in [0.15, 0.2) is 5.58 Å². The monoisotopic (exact) mass is 299 g/mol. The summed E-state index contributed by atoms with van der Waals surface area (Å²) in [6, 6.07) is 16.7. The van der Waals surface area contributed by atoms with Gasteiger partial charge in [-0.25, -0.2) is 0 Å². The van der Waals surface area contributed by atoms with Crippen molar-refractivity contribution in [1.29, 1.82) is 0 Å². The minimum Gasteiger partial charge on any atom is -0.455 e. The molecule has 0 aliphatic rings. The zero-order valence-corrected chi connectivity index (χ0v) is 12.9. The third kappa shape index (κ3) is 2.69. The molecule has 1 atom stereocenters. The van der Waals surface area contributed by atoms with Gasteiger partial charge >= 0.3 is 0 Å². The standard InChI is InChI=1S/C18H18ClNO/c1-3-16(20-2)12-6-4-7-13(10-12)17-11-14-8-5-9-15(19)18(14)21-17/h4-11,16,20H,3H2,1-2H3. The van der Waals surface area contributed by atoms with Crippen LogP contribution < -0.4 is 5.32 Å². The van der Waals surface area contributed by atoms with Crippen molar-refractivity contribution in [3.05, 3.63) is 59.1 Å². The summed E-state index contributed by atoms with van der Waals surface area (Å²) in [6.07, 6.45) is 1.05. The zero-order chi connectivity index (χ0) is 14.8. The number of hydrogen-bond donors (Lipinski definition) is 1. The number of para-hydroxylation sites is 1. The molecule has 21 heavy (non-hydrogen) atoms. The Balaban J connectivity index is 2.06. The third-order valence-corrected chi connectivity index (χ3v) is 4.12. The molecule has 2 aromatic carbocycles. The van der Waals surface area contributed by atoms with Gasteiger partial charge in [0, 0.05) is 17.0 Å². The summed E-state index contributed by atoms with van der Waals surface area (Å²) in [5.41, 5.74) is 3.10. The Morgan fingerprint density at radius 2 is 1.95 bits per heavy atom. The molecule has 0 amide bonds. The summed E-state index contributed by atoms with van der Waals surface area (Å²) in [6.45, 7) is 2.18. The molecular weight excluding hydrogens is 282 g/mol. The lowest BCUT2D eigenvalue weighted by Crippen LogP contribution is -2.14. The highest BCUT2D eigenvalue weighted by molar-refractivity contribution is 6.34. The molecular formula is C18H18ClNO. The maximum atomic E-state index is 6.18. The second-order valence-electron chi connectivity index (χ2n) is 5.14. The number of nitrogens with one attached hydrogen (secondary N) is 1. The van der Waals surface area contributed by atoms with Crippen LogP contribution in [0.5, 0.6) is 0 Å². The van der Waals surface area contributed by atoms with Gasteiger partial charge in [-0.05, 0) is 37.2 Å². The van der Waals surface area contributed by atoms with E-state index in [1.165, 1.54) is 5.56 Å². The van der Waals surface area contributed by atoms with Crippen LogP contribution in [0.25, 0.3) is 22.3 Å². The van der Waals surface area contributed by atoms with Crippen molar-refractivity contribution >= 4 is 22.6 Å². The smallest absolute Gasteiger partial charge is 0.153 e. The molecule has 3 heteroatoms. The van der Waals surface area contributed by atoms with Crippen LogP contribution in [0.1, 0.15) is 24.9 Å². The fraction of sp³-hybridized carbons (Fsp3) is 0.222. The highest BCUT2D eigenvalue weighted by Crippen LogP contribution is 2.33. The number of fused-ring (bicyclic) bond motifs is 1. The Labute approximate surface area is 129 Å². The summed E-state index contributed by atoms with van der Waals surface area (Å²) in [4.78, 5) is 0. The lowest BCUT2D eigenvalue weighted by atomic mass is 10.0. The Morgan fingerprint density at radius 3 is 2.67 bits per heavy atom. The van der Waals surface area contributed by atoms with Gasteiger partial charge in [-0.3, -0.25) is 0 Å². The molecule has 0 fully saturated rings.